The Morgan fingerprint density at radius 1 is 0.941 bits per heavy atom. The van der Waals surface area contributed by atoms with Crippen LogP contribution in [0.3, 0.4) is 0 Å². The molecule has 2 amide bonds. The van der Waals surface area contributed by atoms with Crippen molar-refractivity contribution >= 4 is 51.6 Å². The van der Waals surface area contributed by atoms with E-state index in [1.54, 1.807) is 21.7 Å². The normalized spacial score (nSPS) is 18.1. The number of urea groups is 1. The highest BCUT2D eigenvalue weighted by Crippen LogP contribution is 2.36. The number of nitrogens with zero attached hydrogens (tertiary/aromatic N) is 3. The van der Waals surface area contributed by atoms with Gasteiger partial charge in [0.2, 0.25) is 0 Å². The number of benzene rings is 3. The van der Waals surface area contributed by atoms with Crippen LogP contribution in [0.5, 0.6) is 0 Å². The molecular weight excluding hydrogens is 467 g/mol. The topological polar surface area (TPSA) is 50.2 Å². The molecule has 1 fully saturated rings. The number of rotatable bonds is 4. The van der Waals surface area contributed by atoms with Crippen LogP contribution in [0.15, 0.2) is 72.8 Å². The Kier molecular flexibility index (Phi) is 6.48. The smallest absolute Gasteiger partial charge is 0.327 e. The first kappa shape index (κ1) is 22.8. The number of hydrogen-bond donors (Lipinski definition) is 1. The van der Waals surface area contributed by atoms with Crippen molar-refractivity contribution in [3.63, 3.8) is 0 Å². The Morgan fingerprint density at radius 2 is 1.68 bits per heavy atom. The van der Waals surface area contributed by atoms with E-state index in [1.807, 2.05) is 60.7 Å². The number of fused-ring (bicyclic) bond motifs is 1. The van der Waals surface area contributed by atoms with Crippen molar-refractivity contribution in [3.05, 3.63) is 82.8 Å². The van der Waals surface area contributed by atoms with Gasteiger partial charge in [-0.2, -0.15) is 5.10 Å². The van der Waals surface area contributed by atoms with E-state index in [0.717, 1.165) is 42.3 Å². The summed E-state index contributed by atoms with van der Waals surface area (Å²) >= 11 is 12.5. The molecule has 0 radical (unpaired) electrons. The number of hydrogen-bond acceptors (Lipinski definition) is 2. The Balaban J connectivity index is 1.65. The summed E-state index contributed by atoms with van der Waals surface area (Å²) < 4.78 is 1.80. The molecule has 3 aromatic carbocycles. The minimum Gasteiger partial charge on any atom is -0.335 e. The quantitative estimate of drug-likeness (QED) is 0.316. The summed E-state index contributed by atoms with van der Waals surface area (Å²) in [4.78, 5) is 15.6. The molecule has 0 atom stereocenters. The van der Waals surface area contributed by atoms with Crippen molar-refractivity contribution in [2.24, 2.45) is 5.92 Å². The van der Waals surface area contributed by atoms with Crippen LogP contribution in [0.25, 0.3) is 16.6 Å². The van der Waals surface area contributed by atoms with Crippen LogP contribution < -0.4 is 10.2 Å². The fourth-order valence-corrected chi connectivity index (χ4v) is 4.90. The van der Waals surface area contributed by atoms with Crippen LogP contribution in [0.2, 0.25) is 10.0 Å². The molecule has 1 aliphatic carbocycles. The van der Waals surface area contributed by atoms with Gasteiger partial charge in [-0.15, -0.1) is 0 Å². The van der Waals surface area contributed by atoms with Gasteiger partial charge >= 0.3 is 6.03 Å². The third-order valence-corrected chi connectivity index (χ3v) is 6.94. The first-order chi connectivity index (χ1) is 16.5. The summed E-state index contributed by atoms with van der Waals surface area (Å²) in [5.74, 6) is 1.36. The van der Waals surface area contributed by atoms with Gasteiger partial charge in [0.05, 0.1) is 16.9 Å². The number of amides is 2. The molecule has 34 heavy (non-hydrogen) atoms. The number of carbonyl (C=O) groups excluding carboxylic acids is 1. The van der Waals surface area contributed by atoms with Crippen molar-refractivity contribution in [2.75, 3.05) is 4.90 Å². The van der Waals surface area contributed by atoms with Crippen LogP contribution >= 0.6 is 23.2 Å². The standard InChI is InChI=1S/C27H26Cl2N4O/c1-18-9-13-21(14-10-18)30-27(34)32(23-6-4-5-20(29)17-23)26-24-7-2-3-8-25(24)31-33(26)22-15-11-19(28)12-16-22/h2-8,11-12,15-18,21H,9-10,13-14H2,1H3,(H,30,34)/t18-,21-. The second kappa shape index (κ2) is 9.69. The fourth-order valence-electron chi connectivity index (χ4n) is 4.59. The van der Waals surface area contributed by atoms with Gasteiger partial charge in [-0.3, -0.25) is 0 Å². The first-order valence-electron chi connectivity index (χ1n) is 11.6. The second-order valence-electron chi connectivity index (χ2n) is 8.95. The maximum atomic E-state index is 13.9. The van der Waals surface area contributed by atoms with Gasteiger partial charge in [-0.25, -0.2) is 14.4 Å². The lowest BCUT2D eigenvalue weighted by Gasteiger charge is -2.30. The third-order valence-electron chi connectivity index (χ3n) is 6.45. The molecule has 1 aliphatic rings. The molecule has 4 aromatic rings. The summed E-state index contributed by atoms with van der Waals surface area (Å²) in [6.07, 6.45) is 4.20. The van der Waals surface area contributed by atoms with Crippen LogP contribution in [0, 0.1) is 5.92 Å². The van der Waals surface area contributed by atoms with E-state index in [0.29, 0.717) is 27.5 Å². The molecule has 0 bridgehead atoms. The van der Waals surface area contributed by atoms with Crippen molar-refractivity contribution in [3.8, 4) is 5.69 Å². The lowest BCUT2D eigenvalue weighted by molar-refractivity contribution is 0.236. The van der Waals surface area contributed by atoms with E-state index < -0.39 is 0 Å². The molecule has 1 heterocycles. The summed E-state index contributed by atoms with van der Waals surface area (Å²) in [6, 6.07) is 22.6. The number of carbonyl (C=O) groups is 1. The van der Waals surface area contributed by atoms with Gasteiger partial charge < -0.3 is 5.32 Å². The Morgan fingerprint density at radius 3 is 2.41 bits per heavy atom. The van der Waals surface area contributed by atoms with Gasteiger partial charge in [-0.05, 0) is 86.2 Å². The fraction of sp³-hybridized carbons (Fsp3) is 0.259. The molecule has 7 heteroatoms. The maximum absolute atomic E-state index is 13.9. The monoisotopic (exact) mass is 492 g/mol. The predicted octanol–water partition coefficient (Wildman–Crippen LogP) is 7.76. The average molecular weight is 493 g/mol. The molecule has 1 aromatic heterocycles. The molecule has 1 N–H and O–H groups in total. The molecule has 0 aliphatic heterocycles. The molecule has 5 rings (SSSR count). The lowest BCUT2D eigenvalue weighted by atomic mass is 9.87. The molecule has 0 spiro atoms. The Labute approximate surface area is 209 Å². The Hall–Kier alpha value is -3.02. The van der Waals surface area contributed by atoms with Crippen molar-refractivity contribution in [1.82, 2.24) is 15.1 Å². The van der Waals surface area contributed by atoms with Gasteiger partial charge in [0, 0.05) is 21.5 Å². The number of nitrogens with one attached hydrogen (secondary N) is 1. The van der Waals surface area contributed by atoms with Crippen LogP contribution in [-0.4, -0.2) is 21.9 Å². The minimum atomic E-state index is -0.192. The zero-order chi connectivity index (χ0) is 23.7. The zero-order valence-electron chi connectivity index (χ0n) is 18.9. The van der Waals surface area contributed by atoms with Crippen LogP contribution in [-0.2, 0) is 0 Å². The molecule has 174 valence electrons. The lowest BCUT2D eigenvalue weighted by Crippen LogP contribution is -2.44. The highest BCUT2D eigenvalue weighted by atomic mass is 35.5. The molecular formula is C27H26Cl2N4O. The summed E-state index contributed by atoms with van der Waals surface area (Å²) in [5.41, 5.74) is 2.27. The van der Waals surface area contributed by atoms with Gasteiger partial charge in [0.1, 0.15) is 0 Å². The summed E-state index contributed by atoms with van der Waals surface area (Å²) in [5, 5.41) is 10.2. The highest BCUT2D eigenvalue weighted by molar-refractivity contribution is 6.31. The summed E-state index contributed by atoms with van der Waals surface area (Å²) in [6.45, 7) is 2.27. The van der Waals surface area contributed by atoms with Crippen LogP contribution in [0.4, 0.5) is 16.3 Å². The van der Waals surface area contributed by atoms with E-state index in [2.05, 4.69) is 12.2 Å². The number of halogens is 2. The van der Waals surface area contributed by atoms with Crippen molar-refractivity contribution in [2.45, 2.75) is 38.6 Å². The van der Waals surface area contributed by atoms with Crippen molar-refractivity contribution in [1.29, 1.82) is 0 Å². The summed E-state index contributed by atoms with van der Waals surface area (Å²) in [7, 11) is 0. The third kappa shape index (κ3) is 4.63. The highest BCUT2D eigenvalue weighted by Gasteiger charge is 2.29. The molecule has 1 saturated carbocycles. The SMILES string of the molecule is C[C@H]1CC[C@H](NC(=O)N(c2cccc(Cl)c2)c2c3ccccc3nn2-c2ccc(Cl)cc2)CC1. The molecule has 5 nitrogen and oxygen atoms in total. The van der Waals surface area contributed by atoms with Crippen LogP contribution in [0.1, 0.15) is 32.6 Å². The molecule has 0 unspecified atom stereocenters. The molecule has 0 saturated heterocycles. The number of anilines is 2. The largest absolute Gasteiger partial charge is 0.335 e. The van der Waals surface area contributed by atoms with E-state index >= 15 is 0 Å². The van der Waals surface area contributed by atoms with E-state index in [-0.39, 0.29) is 12.1 Å². The second-order valence-corrected chi connectivity index (χ2v) is 9.82. The average Bonchev–Trinajstić information content (AvgIpc) is 3.21. The Bertz CT molecular complexity index is 1310. The van der Waals surface area contributed by atoms with E-state index in [1.165, 1.54) is 0 Å². The van der Waals surface area contributed by atoms with Gasteiger partial charge in [-0.1, -0.05) is 48.3 Å². The van der Waals surface area contributed by atoms with E-state index in [9.17, 15) is 4.79 Å². The van der Waals surface area contributed by atoms with E-state index in [4.69, 9.17) is 28.3 Å². The van der Waals surface area contributed by atoms with Gasteiger partial charge in [0.15, 0.2) is 5.82 Å². The van der Waals surface area contributed by atoms with Crippen molar-refractivity contribution < 1.29 is 4.79 Å². The number of aromatic nitrogens is 2. The zero-order valence-corrected chi connectivity index (χ0v) is 20.4. The first-order valence-corrected chi connectivity index (χ1v) is 12.3. The maximum Gasteiger partial charge on any atom is 0.327 e. The van der Waals surface area contributed by atoms with Gasteiger partial charge in [0.25, 0.3) is 0 Å². The minimum absolute atomic E-state index is 0.142. The predicted molar refractivity (Wildman–Crippen MR) is 140 cm³/mol.